The number of nitrogen functional groups attached to an aromatic ring is 1. The number of aliphatic hydroxyl groups excluding tert-OH is 1. The van der Waals surface area contributed by atoms with E-state index in [1.165, 1.54) is 11.0 Å². The number of carbonyl (C=O) groups is 1. The molecule has 1 heterocycles. The maximum atomic E-state index is 11.7. The molecule has 0 saturated heterocycles. The second-order valence-electron chi connectivity index (χ2n) is 2.81. The van der Waals surface area contributed by atoms with Gasteiger partial charge in [0.2, 0.25) is 0 Å². The van der Waals surface area contributed by atoms with Crippen molar-refractivity contribution in [3.63, 3.8) is 0 Å². The van der Waals surface area contributed by atoms with E-state index < -0.39 is 0 Å². The van der Waals surface area contributed by atoms with Crippen molar-refractivity contribution in [1.29, 1.82) is 0 Å². The molecule has 0 aliphatic heterocycles. The summed E-state index contributed by atoms with van der Waals surface area (Å²) in [5.74, 6) is 0.0825. The van der Waals surface area contributed by atoms with Crippen molar-refractivity contribution in [2.24, 2.45) is 0 Å². The minimum absolute atomic E-state index is 0.0524. The molecule has 4 N–H and O–H groups in total. The Bertz CT molecular complexity index is 310. The monoisotopic (exact) mass is 198 g/mol. The van der Waals surface area contributed by atoms with Gasteiger partial charge in [-0.2, -0.15) is 5.10 Å². The molecule has 0 saturated carbocycles. The molecule has 0 unspecified atom stereocenters. The number of amides is 1. The van der Waals surface area contributed by atoms with Gasteiger partial charge in [0.1, 0.15) is 11.5 Å². The van der Waals surface area contributed by atoms with Crippen LogP contribution in [0.2, 0.25) is 0 Å². The number of likely N-dealkylation sites (N-methyl/N-ethyl adjacent to an activating group) is 1. The Kier molecular flexibility index (Phi) is 3.47. The Balaban J connectivity index is 2.72. The predicted octanol–water partition coefficient (Wildman–Crippen LogP) is -0.554. The van der Waals surface area contributed by atoms with Crippen LogP contribution in [-0.4, -0.2) is 45.8 Å². The molecule has 0 spiro atoms. The fourth-order valence-corrected chi connectivity index (χ4v) is 1.14. The van der Waals surface area contributed by atoms with E-state index >= 15 is 0 Å². The Morgan fingerprint density at radius 2 is 2.50 bits per heavy atom. The van der Waals surface area contributed by atoms with Gasteiger partial charge in [0.05, 0.1) is 6.61 Å². The Hall–Kier alpha value is -1.56. The number of nitrogens with zero attached hydrogens (tertiary/aromatic N) is 2. The molecule has 0 atom stereocenters. The number of nitrogens with one attached hydrogen (secondary N) is 1. The van der Waals surface area contributed by atoms with Crippen molar-refractivity contribution in [3.8, 4) is 0 Å². The molecular formula is C8H14N4O2. The molecule has 0 bridgehead atoms. The first kappa shape index (κ1) is 10.5. The van der Waals surface area contributed by atoms with Crippen molar-refractivity contribution in [3.05, 3.63) is 11.8 Å². The molecule has 0 radical (unpaired) electrons. The van der Waals surface area contributed by atoms with Gasteiger partial charge in [-0.15, -0.1) is 0 Å². The van der Waals surface area contributed by atoms with E-state index in [4.69, 9.17) is 10.8 Å². The number of hydrogen-bond donors (Lipinski definition) is 3. The lowest BCUT2D eigenvalue weighted by atomic mass is 10.3. The van der Waals surface area contributed by atoms with Gasteiger partial charge in [-0.25, -0.2) is 0 Å². The van der Waals surface area contributed by atoms with Crippen LogP contribution in [0.25, 0.3) is 0 Å². The van der Waals surface area contributed by atoms with E-state index in [0.717, 1.165) is 0 Å². The lowest BCUT2D eigenvalue weighted by Gasteiger charge is -2.18. The fraction of sp³-hybridized carbons (Fsp3) is 0.500. The smallest absolute Gasteiger partial charge is 0.272 e. The first-order valence-corrected chi connectivity index (χ1v) is 4.40. The zero-order chi connectivity index (χ0) is 10.6. The molecule has 1 aromatic heterocycles. The van der Waals surface area contributed by atoms with Crippen molar-refractivity contribution < 1.29 is 9.90 Å². The Labute approximate surface area is 81.7 Å². The lowest BCUT2D eigenvalue weighted by Crippen LogP contribution is -2.33. The normalized spacial score (nSPS) is 10.1. The van der Waals surface area contributed by atoms with Crippen LogP contribution in [0.15, 0.2) is 6.07 Å². The van der Waals surface area contributed by atoms with E-state index in [0.29, 0.717) is 18.8 Å². The zero-order valence-corrected chi connectivity index (χ0v) is 8.03. The number of H-pyrrole nitrogens is 1. The van der Waals surface area contributed by atoms with Crippen LogP contribution in [0.5, 0.6) is 0 Å². The van der Waals surface area contributed by atoms with Crippen LogP contribution < -0.4 is 5.73 Å². The highest BCUT2D eigenvalue weighted by Crippen LogP contribution is 2.04. The van der Waals surface area contributed by atoms with E-state index in [9.17, 15) is 4.79 Å². The second-order valence-corrected chi connectivity index (χ2v) is 2.81. The SMILES string of the molecule is CCN(CCO)C(=O)c1cc(N)n[nH]1. The Morgan fingerprint density at radius 1 is 1.79 bits per heavy atom. The van der Waals surface area contributed by atoms with Crippen LogP contribution in [0.3, 0.4) is 0 Å². The highest BCUT2D eigenvalue weighted by Gasteiger charge is 2.15. The minimum Gasteiger partial charge on any atom is -0.395 e. The molecule has 0 aromatic carbocycles. The molecule has 6 heteroatoms. The average molecular weight is 198 g/mol. The van der Waals surface area contributed by atoms with Crippen LogP contribution >= 0.6 is 0 Å². The van der Waals surface area contributed by atoms with Gasteiger partial charge in [0.15, 0.2) is 0 Å². The zero-order valence-electron chi connectivity index (χ0n) is 8.03. The molecule has 78 valence electrons. The third-order valence-corrected chi connectivity index (χ3v) is 1.87. The molecule has 0 fully saturated rings. The molecule has 14 heavy (non-hydrogen) atoms. The van der Waals surface area contributed by atoms with Crippen molar-refractivity contribution >= 4 is 11.7 Å². The predicted molar refractivity (Wildman–Crippen MR) is 51.7 cm³/mol. The second kappa shape index (κ2) is 4.61. The Morgan fingerprint density at radius 3 is 2.93 bits per heavy atom. The summed E-state index contributed by atoms with van der Waals surface area (Å²) in [7, 11) is 0. The summed E-state index contributed by atoms with van der Waals surface area (Å²) in [6.07, 6.45) is 0. The van der Waals surface area contributed by atoms with Crippen molar-refractivity contribution in [2.45, 2.75) is 6.92 Å². The summed E-state index contributed by atoms with van der Waals surface area (Å²) in [6, 6.07) is 1.47. The van der Waals surface area contributed by atoms with Crippen LogP contribution in [-0.2, 0) is 0 Å². The summed E-state index contributed by atoms with van der Waals surface area (Å²) in [5.41, 5.74) is 5.71. The maximum Gasteiger partial charge on any atom is 0.272 e. The van der Waals surface area contributed by atoms with E-state index in [-0.39, 0.29) is 18.3 Å². The first-order valence-electron chi connectivity index (χ1n) is 4.40. The minimum atomic E-state index is -0.203. The number of aliphatic hydroxyl groups is 1. The molecule has 1 amide bonds. The molecule has 0 aliphatic carbocycles. The quantitative estimate of drug-likeness (QED) is 0.604. The number of aromatic nitrogens is 2. The van der Waals surface area contributed by atoms with E-state index in [1.54, 1.807) is 0 Å². The third-order valence-electron chi connectivity index (χ3n) is 1.87. The van der Waals surface area contributed by atoms with Crippen molar-refractivity contribution in [1.82, 2.24) is 15.1 Å². The van der Waals surface area contributed by atoms with E-state index in [1.807, 2.05) is 6.92 Å². The van der Waals surface area contributed by atoms with Gasteiger partial charge in [-0.05, 0) is 6.92 Å². The number of aromatic amines is 1. The number of rotatable bonds is 4. The molecule has 1 rings (SSSR count). The van der Waals surface area contributed by atoms with Crippen LogP contribution in [0.1, 0.15) is 17.4 Å². The number of anilines is 1. The van der Waals surface area contributed by atoms with Gasteiger partial charge < -0.3 is 15.7 Å². The van der Waals surface area contributed by atoms with Gasteiger partial charge >= 0.3 is 0 Å². The third kappa shape index (κ3) is 2.23. The van der Waals surface area contributed by atoms with E-state index in [2.05, 4.69) is 10.2 Å². The van der Waals surface area contributed by atoms with Gasteiger partial charge in [0, 0.05) is 19.2 Å². The van der Waals surface area contributed by atoms with Crippen LogP contribution in [0, 0.1) is 0 Å². The largest absolute Gasteiger partial charge is 0.395 e. The lowest BCUT2D eigenvalue weighted by molar-refractivity contribution is 0.0726. The highest BCUT2D eigenvalue weighted by molar-refractivity contribution is 5.92. The molecular weight excluding hydrogens is 184 g/mol. The van der Waals surface area contributed by atoms with Crippen molar-refractivity contribution in [2.75, 3.05) is 25.4 Å². The molecule has 6 nitrogen and oxygen atoms in total. The maximum absolute atomic E-state index is 11.7. The molecule has 1 aromatic rings. The number of hydrogen-bond acceptors (Lipinski definition) is 4. The summed E-state index contributed by atoms with van der Waals surface area (Å²) < 4.78 is 0. The topological polar surface area (TPSA) is 95.2 Å². The van der Waals surface area contributed by atoms with Crippen LogP contribution in [0.4, 0.5) is 5.82 Å². The average Bonchev–Trinajstić information content (AvgIpc) is 2.60. The fourth-order valence-electron chi connectivity index (χ4n) is 1.14. The number of carbonyl (C=O) groups excluding carboxylic acids is 1. The summed E-state index contributed by atoms with van der Waals surface area (Å²) >= 11 is 0. The summed E-state index contributed by atoms with van der Waals surface area (Å²) in [5, 5.41) is 14.9. The molecule has 0 aliphatic rings. The summed E-state index contributed by atoms with van der Waals surface area (Å²) in [4.78, 5) is 13.2. The van der Waals surface area contributed by atoms with Gasteiger partial charge in [-0.3, -0.25) is 9.89 Å². The number of nitrogens with two attached hydrogens (primary N) is 1. The first-order chi connectivity index (χ1) is 6.69. The standard InChI is InChI=1S/C8H14N4O2/c1-2-12(3-4-13)8(14)6-5-7(9)11-10-6/h5,13H,2-4H2,1H3,(H3,9,10,11). The van der Waals surface area contributed by atoms with Gasteiger partial charge in [0.25, 0.3) is 5.91 Å². The van der Waals surface area contributed by atoms with Gasteiger partial charge in [-0.1, -0.05) is 0 Å². The summed E-state index contributed by atoms with van der Waals surface area (Å²) in [6.45, 7) is 2.64. The highest BCUT2D eigenvalue weighted by atomic mass is 16.3.